The molecule has 0 aromatic heterocycles. The summed E-state index contributed by atoms with van der Waals surface area (Å²) >= 11 is 0. The zero-order valence-corrected chi connectivity index (χ0v) is 18.1. The summed E-state index contributed by atoms with van der Waals surface area (Å²) in [5, 5.41) is 6.75. The van der Waals surface area contributed by atoms with Crippen molar-refractivity contribution in [3.8, 4) is 11.5 Å². The van der Waals surface area contributed by atoms with Gasteiger partial charge in [0.1, 0.15) is 11.5 Å². The van der Waals surface area contributed by atoms with Gasteiger partial charge in [0.05, 0.1) is 26.0 Å². The monoisotopic (exact) mass is 416 g/mol. The van der Waals surface area contributed by atoms with Crippen LogP contribution in [0.4, 0.5) is 0 Å². The number of carbonyl (C=O) groups excluding carboxylic acids is 1. The average molecular weight is 417 g/mol. The molecule has 0 spiro atoms. The fourth-order valence-corrected chi connectivity index (χ4v) is 4.89. The molecule has 5 rings (SSSR count). The van der Waals surface area contributed by atoms with Crippen molar-refractivity contribution in [3.05, 3.63) is 65.2 Å². The molecule has 5 nitrogen and oxygen atoms in total. The van der Waals surface area contributed by atoms with Crippen LogP contribution in [-0.2, 0) is 4.79 Å². The van der Waals surface area contributed by atoms with Crippen molar-refractivity contribution in [2.24, 2.45) is 16.9 Å². The first kappa shape index (κ1) is 19.9. The Kier molecular flexibility index (Phi) is 5.26. The molecule has 0 N–H and O–H groups in total. The molecule has 2 fully saturated rings. The van der Waals surface area contributed by atoms with Gasteiger partial charge in [-0.1, -0.05) is 36.4 Å². The molecule has 160 valence electrons. The zero-order chi connectivity index (χ0) is 21.4. The van der Waals surface area contributed by atoms with Crippen LogP contribution in [0.3, 0.4) is 0 Å². The summed E-state index contributed by atoms with van der Waals surface area (Å²) in [5.74, 6) is 2.10. The molecule has 0 radical (unpaired) electrons. The molecule has 0 bridgehead atoms. The third-order valence-electron chi connectivity index (χ3n) is 6.58. The van der Waals surface area contributed by atoms with Gasteiger partial charge in [-0.3, -0.25) is 4.79 Å². The largest absolute Gasteiger partial charge is 0.496 e. The predicted octanol–water partition coefficient (Wildman–Crippen LogP) is 5.24. The number of benzene rings is 2. The van der Waals surface area contributed by atoms with Crippen LogP contribution < -0.4 is 9.47 Å². The number of methoxy groups -OCH3 is 2. The van der Waals surface area contributed by atoms with Gasteiger partial charge >= 0.3 is 0 Å². The second-order valence-corrected chi connectivity index (χ2v) is 8.54. The Labute approximate surface area is 183 Å². The highest BCUT2D eigenvalue weighted by atomic mass is 16.5. The van der Waals surface area contributed by atoms with Crippen molar-refractivity contribution in [1.29, 1.82) is 0 Å². The fourth-order valence-electron chi connectivity index (χ4n) is 4.89. The van der Waals surface area contributed by atoms with Crippen LogP contribution in [0, 0.1) is 11.8 Å². The third kappa shape index (κ3) is 3.62. The fraction of sp³-hybridized carbons (Fsp3) is 0.385. The van der Waals surface area contributed by atoms with Crippen molar-refractivity contribution in [3.63, 3.8) is 0 Å². The number of fused-ring (bicyclic) bond motifs is 1. The molecule has 1 amide bonds. The lowest BCUT2D eigenvalue weighted by atomic mass is 9.77. The van der Waals surface area contributed by atoms with Gasteiger partial charge in [-0.25, -0.2) is 5.01 Å². The summed E-state index contributed by atoms with van der Waals surface area (Å²) in [6, 6.07) is 16.0. The number of para-hydroxylation sites is 2. The molecule has 2 aromatic carbocycles. The quantitative estimate of drug-likeness (QED) is 0.670. The smallest absolute Gasteiger partial charge is 0.246 e. The van der Waals surface area contributed by atoms with Crippen LogP contribution in [-0.4, -0.2) is 30.8 Å². The Balaban J connectivity index is 1.58. The standard InChI is InChI=1S/C26H28N2O3/c1-30-22-12-5-3-8-18(22)16-19-9-7-11-21-24(19)27-28(26(29)17-14-15-17)25(21)20-10-4-6-13-23(20)31-2/h3-6,8,10,12-13,16-17,21,25H,7,9,11,14-15H2,1-2H3/b19-16+/t21-,25-/m0/s1. The number of carbonyl (C=O) groups is 1. The minimum atomic E-state index is -0.111. The Morgan fingerprint density at radius 3 is 2.45 bits per heavy atom. The molecule has 31 heavy (non-hydrogen) atoms. The molecular weight excluding hydrogens is 388 g/mol. The lowest BCUT2D eigenvalue weighted by molar-refractivity contribution is -0.135. The molecule has 2 saturated carbocycles. The summed E-state index contributed by atoms with van der Waals surface area (Å²) in [4.78, 5) is 13.2. The van der Waals surface area contributed by atoms with E-state index in [1.807, 2.05) is 36.4 Å². The van der Waals surface area contributed by atoms with Crippen LogP contribution in [0.2, 0.25) is 0 Å². The first-order valence-electron chi connectivity index (χ1n) is 11.1. The molecule has 3 aliphatic rings. The Hall–Kier alpha value is -3.08. The highest BCUT2D eigenvalue weighted by Crippen LogP contribution is 2.48. The lowest BCUT2D eigenvalue weighted by Crippen LogP contribution is -2.33. The Morgan fingerprint density at radius 2 is 1.71 bits per heavy atom. The molecule has 5 heteroatoms. The second-order valence-electron chi connectivity index (χ2n) is 8.54. The lowest BCUT2D eigenvalue weighted by Gasteiger charge is -2.30. The molecule has 1 aliphatic heterocycles. The van der Waals surface area contributed by atoms with Gasteiger partial charge in [0.25, 0.3) is 0 Å². The van der Waals surface area contributed by atoms with E-state index in [9.17, 15) is 4.79 Å². The van der Waals surface area contributed by atoms with Crippen molar-refractivity contribution in [2.45, 2.75) is 38.1 Å². The summed E-state index contributed by atoms with van der Waals surface area (Å²) in [7, 11) is 3.39. The Bertz CT molecular complexity index is 1050. The number of rotatable bonds is 5. The topological polar surface area (TPSA) is 51.1 Å². The van der Waals surface area contributed by atoms with E-state index in [0.29, 0.717) is 0 Å². The van der Waals surface area contributed by atoms with Crippen LogP contribution in [0.1, 0.15) is 49.3 Å². The van der Waals surface area contributed by atoms with Crippen LogP contribution in [0.25, 0.3) is 6.08 Å². The van der Waals surface area contributed by atoms with E-state index in [1.165, 1.54) is 5.57 Å². The van der Waals surface area contributed by atoms with E-state index in [-0.39, 0.29) is 23.8 Å². The number of hydrogen-bond acceptors (Lipinski definition) is 4. The van der Waals surface area contributed by atoms with Crippen LogP contribution >= 0.6 is 0 Å². The van der Waals surface area contributed by atoms with Crippen molar-refractivity contribution < 1.29 is 14.3 Å². The molecule has 0 saturated heterocycles. The first-order chi connectivity index (χ1) is 15.2. The maximum Gasteiger partial charge on any atom is 0.246 e. The van der Waals surface area contributed by atoms with E-state index in [4.69, 9.17) is 14.6 Å². The van der Waals surface area contributed by atoms with Gasteiger partial charge in [0, 0.05) is 23.0 Å². The van der Waals surface area contributed by atoms with Gasteiger partial charge in [0.15, 0.2) is 0 Å². The number of amides is 1. The highest BCUT2D eigenvalue weighted by molar-refractivity contribution is 6.08. The average Bonchev–Trinajstić information content (AvgIpc) is 3.59. The Morgan fingerprint density at radius 1 is 1.00 bits per heavy atom. The van der Waals surface area contributed by atoms with Crippen LogP contribution in [0.15, 0.2) is 59.2 Å². The van der Waals surface area contributed by atoms with Crippen LogP contribution in [0.5, 0.6) is 11.5 Å². The third-order valence-corrected chi connectivity index (χ3v) is 6.58. The number of allylic oxidation sites excluding steroid dienone is 1. The van der Waals surface area contributed by atoms with E-state index < -0.39 is 0 Å². The molecule has 0 unspecified atom stereocenters. The molecule has 2 aromatic rings. The van der Waals surface area contributed by atoms with Gasteiger partial charge in [-0.15, -0.1) is 0 Å². The molecule has 1 heterocycles. The van der Waals surface area contributed by atoms with E-state index >= 15 is 0 Å². The van der Waals surface area contributed by atoms with Crippen molar-refractivity contribution >= 4 is 17.7 Å². The van der Waals surface area contributed by atoms with E-state index in [1.54, 1.807) is 19.2 Å². The summed E-state index contributed by atoms with van der Waals surface area (Å²) in [6.07, 6.45) is 7.16. The number of ether oxygens (including phenoxy) is 2. The maximum absolute atomic E-state index is 13.2. The summed E-state index contributed by atoms with van der Waals surface area (Å²) in [6.45, 7) is 0. The molecular formula is C26H28N2O3. The minimum Gasteiger partial charge on any atom is -0.496 e. The number of nitrogens with zero attached hydrogens (tertiary/aromatic N) is 2. The second kappa shape index (κ2) is 8.22. The molecule has 2 atom stereocenters. The van der Waals surface area contributed by atoms with Gasteiger partial charge < -0.3 is 9.47 Å². The van der Waals surface area contributed by atoms with E-state index in [0.717, 1.165) is 60.4 Å². The predicted molar refractivity (Wildman–Crippen MR) is 121 cm³/mol. The zero-order valence-electron chi connectivity index (χ0n) is 18.1. The van der Waals surface area contributed by atoms with Gasteiger partial charge in [-0.05, 0) is 55.9 Å². The number of hydrogen-bond donors (Lipinski definition) is 0. The summed E-state index contributed by atoms with van der Waals surface area (Å²) < 4.78 is 11.2. The maximum atomic E-state index is 13.2. The molecule has 2 aliphatic carbocycles. The normalized spacial score (nSPS) is 24.0. The van der Waals surface area contributed by atoms with E-state index in [2.05, 4.69) is 18.2 Å². The summed E-state index contributed by atoms with van der Waals surface area (Å²) in [5.41, 5.74) is 4.33. The highest BCUT2D eigenvalue weighted by Gasteiger charge is 2.47. The number of hydrazone groups is 1. The SMILES string of the molecule is COc1ccccc1/C=C1\CCC[C@H]2C1=NN(C(=O)C1CC1)[C@H]2c1ccccc1OC. The minimum absolute atomic E-state index is 0.111. The van der Waals surface area contributed by atoms with Gasteiger partial charge in [0.2, 0.25) is 5.91 Å². The first-order valence-corrected chi connectivity index (χ1v) is 11.1. The van der Waals surface area contributed by atoms with Crippen molar-refractivity contribution in [2.75, 3.05) is 14.2 Å². The van der Waals surface area contributed by atoms with Crippen molar-refractivity contribution in [1.82, 2.24) is 5.01 Å². The van der Waals surface area contributed by atoms with Gasteiger partial charge in [-0.2, -0.15) is 5.10 Å².